The Morgan fingerprint density at radius 2 is 2.09 bits per heavy atom. The molecule has 2 N–H and O–H groups in total. The zero-order valence-electron chi connectivity index (χ0n) is 18.8. The maximum atomic E-state index is 12.1. The lowest BCUT2D eigenvalue weighted by Crippen LogP contribution is -2.45. The number of carbonyl (C=O) groups excluding carboxylic acids is 1. The van der Waals surface area contributed by atoms with Gasteiger partial charge in [0.2, 0.25) is 5.91 Å². The van der Waals surface area contributed by atoms with E-state index < -0.39 is 0 Å². The van der Waals surface area contributed by atoms with Crippen molar-refractivity contribution in [1.29, 1.82) is 0 Å². The molecule has 0 aromatic carbocycles. The molecule has 11 nitrogen and oxygen atoms in total. The summed E-state index contributed by atoms with van der Waals surface area (Å²) in [6.45, 7) is 7.35. The minimum atomic E-state index is -0.176. The van der Waals surface area contributed by atoms with Crippen LogP contribution in [0.15, 0.2) is 18.3 Å². The summed E-state index contributed by atoms with van der Waals surface area (Å²) in [5.74, 6) is 1.88. The van der Waals surface area contributed by atoms with Crippen LogP contribution in [-0.2, 0) is 14.3 Å². The van der Waals surface area contributed by atoms with Crippen LogP contribution in [0, 0.1) is 0 Å². The molecule has 6 heterocycles. The van der Waals surface area contributed by atoms with Gasteiger partial charge in [-0.15, -0.1) is 5.10 Å². The summed E-state index contributed by atoms with van der Waals surface area (Å²) in [5.41, 5.74) is 1.69. The molecular weight excluding hydrogens is 424 g/mol. The van der Waals surface area contributed by atoms with Crippen LogP contribution in [0.4, 0.5) is 17.3 Å². The zero-order valence-corrected chi connectivity index (χ0v) is 18.8. The quantitative estimate of drug-likeness (QED) is 0.615. The Hall–Kier alpha value is -3.18. The Labute approximate surface area is 191 Å². The minimum absolute atomic E-state index is 0.176. The van der Waals surface area contributed by atoms with Gasteiger partial charge in [-0.2, -0.15) is 9.78 Å². The van der Waals surface area contributed by atoms with Crippen molar-refractivity contribution in [2.75, 3.05) is 48.0 Å². The first-order valence-corrected chi connectivity index (χ1v) is 11.5. The number of aromatic amines is 1. The summed E-state index contributed by atoms with van der Waals surface area (Å²) in [7, 11) is 0. The lowest BCUT2D eigenvalue weighted by Gasteiger charge is -2.37. The molecule has 11 heteroatoms. The Morgan fingerprint density at radius 1 is 1.27 bits per heavy atom. The number of morpholine rings is 2. The Balaban J connectivity index is 1.57. The predicted octanol–water partition coefficient (Wildman–Crippen LogP) is 1.69. The summed E-state index contributed by atoms with van der Waals surface area (Å²) in [4.78, 5) is 21.8. The van der Waals surface area contributed by atoms with Gasteiger partial charge in [-0.1, -0.05) is 0 Å². The summed E-state index contributed by atoms with van der Waals surface area (Å²) >= 11 is 0. The predicted molar refractivity (Wildman–Crippen MR) is 123 cm³/mol. The number of H-pyrrole nitrogens is 1. The maximum absolute atomic E-state index is 12.1. The van der Waals surface area contributed by atoms with Crippen LogP contribution < -0.4 is 15.1 Å². The molecule has 0 saturated carbocycles. The van der Waals surface area contributed by atoms with Gasteiger partial charge in [0.1, 0.15) is 5.82 Å². The first kappa shape index (κ1) is 20.4. The zero-order chi connectivity index (χ0) is 22.5. The molecule has 0 spiro atoms. The van der Waals surface area contributed by atoms with Crippen molar-refractivity contribution in [3.05, 3.63) is 18.3 Å². The highest BCUT2D eigenvalue weighted by atomic mass is 16.5. The standard InChI is InChI=1S/C22H28N8O3/c1-13-12-32-8-7-29(13)19-9-17(28-10-15-3-4-16(11-28)33-15)20-21(24-14(2)31)27-30(22(20)25-19)18-5-6-23-26-18/h5-6,9,13,15-16H,3-4,7-8,10-12H2,1-2H3,(H,23,26)(H,24,27,31). The molecule has 3 unspecified atom stereocenters. The van der Waals surface area contributed by atoms with Crippen molar-refractivity contribution in [3.63, 3.8) is 0 Å². The monoisotopic (exact) mass is 452 g/mol. The van der Waals surface area contributed by atoms with Crippen LogP contribution in [0.1, 0.15) is 26.7 Å². The fourth-order valence-electron chi connectivity index (χ4n) is 5.15. The van der Waals surface area contributed by atoms with Gasteiger partial charge in [0.25, 0.3) is 0 Å². The normalized spacial score (nSPS) is 25.1. The van der Waals surface area contributed by atoms with Crippen LogP contribution >= 0.6 is 0 Å². The van der Waals surface area contributed by atoms with E-state index in [-0.39, 0.29) is 24.2 Å². The van der Waals surface area contributed by atoms with Gasteiger partial charge >= 0.3 is 0 Å². The molecule has 6 rings (SSSR count). The maximum Gasteiger partial charge on any atom is 0.222 e. The molecule has 0 radical (unpaired) electrons. The molecule has 3 aromatic heterocycles. The number of ether oxygens (including phenoxy) is 2. The largest absolute Gasteiger partial charge is 0.377 e. The number of hydrogen-bond donors (Lipinski definition) is 2. The number of anilines is 3. The summed E-state index contributed by atoms with van der Waals surface area (Å²) in [6, 6.07) is 4.18. The smallest absolute Gasteiger partial charge is 0.222 e. The molecule has 33 heavy (non-hydrogen) atoms. The first-order valence-electron chi connectivity index (χ1n) is 11.5. The summed E-state index contributed by atoms with van der Waals surface area (Å²) in [5, 5.41) is 15.5. The lowest BCUT2D eigenvalue weighted by molar-refractivity contribution is -0.114. The number of rotatable bonds is 4. The van der Waals surface area contributed by atoms with E-state index in [0.717, 1.165) is 49.4 Å². The number of nitrogens with one attached hydrogen (secondary N) is 2. The number of aromatic nitrogens is 5. The van der Waals surface area contributed by atoms with Crippen LogP contribution in [0.3, 0.4) is 0 Å². The molecule has 3 aliphatic rings. The number of fused-ring (bicyclic) bond motifs is 3. The van der Waals surface area contributed by atoms with Gasteiger partial charge in [0.15, 0.2) is 17.3 Å². The summed E-state index contributed by atoms with van der Waals surface area (Å²) in [6.07, 6.45) is 4.29. The molecule has 3 atom stereocenters. The van der Waals surface area contributed by atoms with Crippen LogP contribution in [0.5, 0.6) is 0 Å². The van der Waals surface area contributed by atoms with Gasteiger partial charge in [0, 0.05) is 38.7 Å². The third-order valence-electron chi connectivity index (χ3n) is 6.66. The Bertz CT molecular complexity index is 1160. The molecule has 3 fully saturated rings. The lowest BCUT2D eigenvalue weighted by atomic mass is 10.1. The molecule has 3 aliphatic heterocycles. The molecule has 3 aromatic rings. The molecule has 1 amide bonds. The van der Waals surface area contributed by atoms with Crippen LogP contribution in [0.2, 0.25) is 0 Å². The van der Waals surface area contributed by atoms with E-state index in [1.54, 1.807) is 10.9 Å². The first-order chi connectivity index (χ1) is 16.1. The summed E-state index contributed by atoms with van der Waals surface area (Å²) < 4.78 is 13.5. The number of hydrogen-bond acceptors (Lipinski definition) is 8. The number of carbonyl (C=O) groups is 1. The average Bonchev–Trinajstić information content (AvgIpc) is 3.53. The molecular formula is C22H28N8O3. The van der Waals surface area contributed by atoms with Gasteiger partial charge in [-0.05, 0) is 19.8 Å². The van der Waals surface area contributed by atoms with Crippen molar-refractivity contribution in [2.24, 2.45) is 0 Å². The van der Waals surface area contributed by atoms with Crippen molar-refractivity contribution in [1.82, 2.24) is 25.0 Å². The van der Waals surface area contributed by atoms with E-state index in [2.05, 4.69) is 38.3 Å². The molecule has 0 aliphatic carbocycles. The van der Waals surface area contributed by atoms with Crippen molar-refractivity contribution >= 4 is 34.3 Å². The SMILES string of the molecule is CC(=O)Nc1nn(-c2ccn[nH]2)c2nc(N3CCOCC3C)cc(N3CC4CCC(C3)O4)c12. The highest BCUT2D eigenvalue weighted by Gasteiger charge is 2.36. The third-order valence-corrected chi connectivity index (χ3v) is 6.66. The fourth-order valence-corrected chi connectivity index (χ4v) is 5.15. The van der Waals surface area contributed by atoms with Crippen LogP contribution in [0.25, 0.3) is 16.9 Å². The van der Waals surface area contributed by atoms with E-state index in [9.17, 15) is 4.79 Å². The fraction of sp³-hybridized carbons (Fsp3) is 0.545. The van der Waals surface area contributed by atoms with Crippen molar-refractivity contribution in [2.45, 2.75) is 44.9 Å². The van der Waals surface area contributed by atoms with E-state index >= 15 is 0 Å². The van der Waals surface area contributed by atoms with Gasteiger partial charge < -0.3 is 24.6 Å². The van der Waals surface area contributed by atoms with Crippen molar-refractivity contribution in [3.8, 4) is 5.82 Å². The second kappa shape index (κ2) is 7.99. The van der Waals surface area contributed by atoms with Crippen molar-refractivity contribution < 1.29 is 14.3 Å². The van der Waals surface area contributed by atoms with E-state index in [4.69, 9.17) is 19.6 Å². The Kier molecular flexibility index (Phi) is 4.95. The van der Waals surface area contributed by atoms with Gasteiger partial charge in [-0.25, -0.2) is 4.98 Å². The second-order valence-electron chi connectivity index (χ2n) is 9.06. The number of amides is 1. The van der Waals surface area contributed by atoms with E-state index in [1.165, 1.54) is 6.92 Å². The minimum Gasteiger partial charge on any atom is -0.377 e. The topological polar surface area (TPSA) is 113 Å². The van der Waals surface area contributed by atoms with Gasteiger partial charge in [-0.3, -0.25) is 9.89 Å². The van der Waals surface area contributed by atoms with E-state index in [0.29, 0.717) is 30.5 Å². The van der Waals surface area contributed by atoms with Crippen LogP contribution in [-0.4, -0.2) is 82.0 Å². The average molecular weight is 453 g/mol. The molecule has 174 valence electrons. The molecule has 3 saturated heterocycles. The van der Waals surface area contributed by atoms with Gasteiger partial charge in [0.05, 0.1) is 48.7 Å². The highest BCUT2D eigenvalue weighted by molar-refractivity contribution is 6.05. The van der Waals surface area contributed by atoms with E-state index in [1.807, 2.05) is 6.07 Å². The number of nitrogens with zero attached hydrogens (tertiary/aromatic N) is 6. The second-order valence-corrected chi connectivity index (χ2v) is 9.06. The number of pyridine rings is 1. The Morgan fingerprint density at radius 3 is 2.79 bits per heavy atom. The third kappa shape index (κ3) is 3.61. The highest BCUT2D eigenvalue weighted by Crippen LogP contribution is 2.39. The molecule has 2 bridgehead atoms.